The molecular weight excluding hydrogens is 224 g/mol. The van der Waals surface area contributed by atoms with Crippen molar-refractivity contribution in [2.45, 2.75) is 31.7 Å². The van der Waals surface area contributed by atoms with Gasteiger partial charge in [-0.25, -0.2) is 0 Å². The topological polar surface area (TPSA) is 46.3 Å². The van der Waals surface area contributed by atoms with Crippen molar-refractivity contribution in [3.8, 4) is 0 Å². The van der Waals surface area contributed by atoms with Crippen LogP contribution in [0.4, 0.5) is 0 Å². The van der Waals surface area contributed by atoms with Crippen LogP contribution in [0.5, 0.6) is 0 Å². The first kappa shape index (κ1) is 13.1. The summed E-state index contributed by atoms with van der Waals surface area (Å²) in [6, 6.07) is 9.53. The Hall–Kier alpha value is -1.35. The van der Waals surface area contributed by atoms with Crippen molar-refractivity contribution in [2.75, 3.05) is 13.6 Å². The fraction of sp³-hybridized carbons (Fsp3) is 0.533. The van der Waals surface area contributed by atoms with Crippen molar-refractivity contribution in [3.05, 3.63) is 35.9 Å². The molecule has 0 aliphatic heterocycles. The third-order valence-electron chi connectivity index (χ3n) is 3.75. The number of nitrogens with two attached hydrogens (primary N) is 1. The number of amides is 1. The van der Waals surface area contributed by atoms with Crippen molar-refractivity contribution < 1.29 is 4.79 Å². The van der Waals surface area contributed by atoms with E-state index in [2.05, 4.69) is 0 Å². The second-order valence-corrected chi connectivity index (χ2v) is 5.31. The van der Waals surface area contributed by atoms with Crippen LogP contribution in [0.3, 0.4) is 0 Å². The van der Waals surface area contributed by atoms with Gasteiger partial charge >= 0.3 is 0 Å². The standard InChI is InChI=1S/C15H22N2O/c1-17(11-13-8-5-9-13)15(18)14(16)10-12-6-3-2-4-7-12/h2-4,6-7,13-14H,5,8-11,16H2,1H3/t14-/m0/s1. The molecule has 0 spiro atoms. The molecule has 1 saturated carbocycles. The average molecular weight is 246 g/mol. The molecule has 3 nitrogen and oxygen atoms in total. The molecule has 1 fully saturated rings. The summed E-state index contributed by atoms with van der Waals surface area (Å²) in [6.45, 7) is 0.862. The van der Waals surface area contributed by atoms with Gasteiger partial charge in [-0.15, -0.1) is 0 Å². The zero-order chi connectivity index (χ0) is 13.0. The van der Waals surface area contributed by atoms with Crippen molar-refractivity contribution in [1.29, 1.82) is 0 Å². The number of carbonyl (C=O) groups excluding carboxylic acids is 1. The summed E-state index contributed by atoms with van der Waals surface area (Å²) in [6.07, 6.45) is 4.44. The number of benzene rings is 1. The minimum absolute atomic E-state index is 0.0609. The monoisotopic (exact) mass is 246 g/mol. The predicted octanol–water partition coefficient (Wildman–Crippen LogP) is 1.81. The normalized spacial score (nSPS) is 17.0. The number of nitrogens with zero attached hydrogens (tertiary/aromatic N) is 1. The summed E-state index contributed by atoms with van der Waals surface area (Å²) in [5.74, 6) is 0.758. The lowest BCUT2D eigenvalue weighted by Crippen LogP contribution is -2.45. The number of likely N-dealkylation sites (N-methyl/N-ethyl adjacent to an activating group) is 1. The molecule has 0 heterocycles. The Morgan fingerprint density at radius 1 is 1.39 bits per heavy atom. The van der Waals surface area contributed by atoms with Crippen LogP contribution in [0.25, 0.3) is 0 Å². The average Bonchev–Trinajstić information content (AvgIpc) is 2.33. The molecule has 1 aliphatic carbocycles. The van der Waals surface area contributed by atoms with Crippen LogP contribution in [-0.2, 0) is 11.2 Å². The molecule has 0 unspecified atom stereocenters. The molecule has 1 aliphatic rings. The molecule has 0 saturated heterocycles. The second kappa shape index (κ2) is 6.01. The smallest absolute Gasteiger partial charge is 0.239 e. The molecule has 0 radical (unpaired) electrons. The molecule has 18 heavy (non-hydrogen) atoms. The zero-order valence-electron chi connectivity index (χ0n) is 11.0. The maximum atomic E-state index is 12.1. The summed E-state index contributed by atoms with van der Waals surface area (Å²) >= 11 is 0. The van der Waals surface area contributed by atoms with E-state index < -0.39 is 6.04 Å². The fourth-order valence-corrected chi connectivity index (χ4v) is 2.39. The van der Waals surface area contributed by atoms with E-state index >= 15 is 0 Å². The van der Waals surface area contributed by atoms with Crippen molar-refractivity contribution in [1.82, 2.24) is 4.90 Å². The van der Waals surface area contributed by atoms with Crippen LogP contribution < -0.4 is 5.73 Å². The van der Waals surface area contributed by atoms with Gasteiger partial charge in [-0.2, -0.15) is 0 Å². The minimum atomic E-state index is -0.419. The van der Waals surface area contributed by atoms with E-state index in [4.69, 9.17) is 5.73 Å². The van der Waals surface area contributed by atoms with Crippen molar-refractivity contribution >= 4 is 5.91 Å². The summed E-state index contributed by atoms with van der Waals surface area (Å²) in [4.78, 5) is 13.9. The Bertz CT molecular complexity index is 387. The predicted molar refractivity (Wildman–Crippen MR) is 73.1 cm³/mol. The first-order valence-electron chi connectivity index (χ1n) is 6.71. The van der Waals surface area contributed by atoms with Crippen LogP contribution in [-0.4, -0.2) is 30.4 Å². The van der Waals surface area contributed by atoms with E-state index in [-0.39, 0.29) is 5.91 Å². The molecule has 1 aromatic carbocycles. The molecule has 1 aromatic rings. The van der Waals surface area contributed by atoms with E-state index in [1.165, 1.54) is 19.3 Å². The van der Waals surface area contributed by atoms with E-state index in [0.29, 0.717) is 12.3 Å². The largest absolute Gasteiger partial charge is 0.344 e. The zero-order valence-corrected chi connectivity index (χ0v) is 11.0. The lowest BCUT2D eigenvalue weighted by atomic mass is 9.85. The Labute approximate surface area is 109 Å². The van der Waals surface area contributed by atoms with Crippen molar-refractivity contribution in [2.24, 2.45) is 11.7 Å². The highest BCUT2D eigenvalue weighted by molar-refractivity contribution is 5.81. The van der Waals surface area contributed by atoms with Gasteiger partial charge in [-0.1, -0.05) is 36.8 Å². The molecule has 1 amide bonds. The van der Waals surface area contributed by atoms with Gasteiger partial charge in [0.05, 0.1) is 6.04 Å². The van der Waals surface area contributed by atoms with E-state index in [0.717, 1.165) is 12.1 Å². The number of carbonyl (C=O) groups is 1. The van der Waals surface area contributed by atoms with E-state index in [1.54, 1.807) is 4.90 Å². The van der Waals surface area contributed by atoms with Crippen LogP contribution in [0.15, 0.2) is 30.3 Å². The van der Waals surface area contributed by atoms with Crippen molar-refractivity contribution in [3.63, 3.8) is 0 Å². The molecule has 98 valence electrons. The molecule has 1 atom stereocenters. The van der Waals surface area contributed by atoms with Gasteiger partial charge in [-0.05, 0) is 30.7 Å². The van der Waals surface area contributed by atoms with E-state index in [1.807, 2.05) is 37.4 Å². The SMILES string of the molecule is CN(CC1CCC1)C(=O)[C@@H](N)Cc1ccccc1. The summed E-state index contributed by atoms with van der Waals surface area (Å²) in [5.41, 5.74) is 7.11. The second-order valence-electron chi connectivity index (χ2n) is 5.31. The Balaban J connectivity index is 1.83. The highest BCUT2D eigenvalue weighted by Gasteiger charge is 2.24. The van der Waals surface area contributed by atoms with Crippen LogP contribution >= 0.6 is 0 Å². The van der Waals surface area contributed by atoms with E-state index in [9.17, 15) is 4.79 Å². The van der Waals surface area contributed by atoms with Crippen LogP contribution in [0, 0.1) is 5.92 Å². The van der Waals surface area contributed by atoms with Gasteiger partial charge in [0.1, 0.15) is 0 Å². The number of hydrogen-bond donors (Lipinski definition) is 1. The fourth-order valence-electron chi connectivity index (χ4n) is 2.39. The summed E-state index contributed by atoms with van der Waals surface area (Å²) in [5, 5.41) is 0. The number of rotatable bonds is 5. The Morgan fingerprint density at radius 2 is 2.06 bits per heavy atom. The molecule has 0 bridgehead atoms. The van der Waals surface area contributed by atoms with Gasteiger partial charge in [-0.3, -0.25) is 4.79 Å². The Morgan fingerprint density at radius 3 is 2.61 bits per heavy atom. The lowest BCUT2D eigenvalue weighted by molar-refractivity contribution is -0.132. The first-order valence-corrected chi connectivity index (χ1v) is 6.71. The lowest BCUT2D eigenvalue weighted by Gasteiger charge is -2.31. The molecule has 0 aromatic heterocycles. The maximum absolute atomic E-state index is 12.1. The highest BCUT2D eigenvalue weighted by Crippen LogP contribution is 2.26. The quantitative estimate of drug-likeness (QED) is 0.861. The molecule has 3 heteroatoms. The van der Waals surface area contributed by atoms with Gasteiger partial charge < -0.3 is 10.6 Å². The molecular formula is C15H22N2O. The maximum Gasteiger partial charge on any atom is 0.239 e. The van der Waals surface area contributed by atoms with Gasteiger partial charge in [0, 0.05) is 13.6 Å². The van der Waals surface area contributed by atoms with Gasteiger partial charge in [0.25, 0.3) is 0 Å². The van der Waals surface area contributed by atoms with Gasteiger partial charge in [0.15, 0.2) is 0 Å². The third kappa shape index (κ3) is 3.33. The number of hydrogen-bond acceptors (Lipinski definition) is 2. The van der Waals surface area contributed by atoms with Gasteiger partial charge in [0.2, 0.25) is 5.91 Å². The minimum Gasteiger partial charge on any atom is -0.344 e. The molecule has 2 rings (SSSR count). The summed E-state index contributed by atoms with van der Waals surface area (Å²) < 4.78 is 0. The third-order valence-corrected chi connectivity index (χ3v) is 3.75. The van der Waals surface area contributed by atoms with Crippen LogP contribution in [0.2, 0.25) is 0 Å². The first-order chi connectivity index (χ1) is 8.66. The highest BCUT2D eigenvalue weighted by atomic mass is 16.2. The molecule has 2 N–H and O–H groups in total. The van der Waals surface area contributed by atoms with Crippen LogP contribution in [0.1, 0.15) is 24.8 Å². The summed E-state index contributed by atoms with van der Waals surface area (Å²) in [7, 11) is 1.87. The Kier molecular flexibility index (Phi) is 4.37.